The molecule has 1 aliphatic rings. The van der Waals surface area contributed by atoms with E-state index in [2.05, 4.69) is 41.6 Å². The van der Waals surface area contributed by atoms with Crippen molar-refractivity contribution in [1.29, 1.82) is 0 Å². The van der Waals surface area contributed by atoms with Gasteiger partial charge in [0.25, 0.3) is 0 Å². The summed E-state index contributed by atoms with van der Waals surface area (Å²) in [6, 6.07) is 18.7. The van der Waals surface area contributed by atoms with Gasteiger partial charge in [-0.05, 0) is 25.0 Å². The van der Waals surface area contributed by atoms with Crippen LogP contribution in [0.25, 0.3) is 11.1 Å². The van der Waals surface area contributed by atoms with Crippen molar-refractivity contribution in [1.82, 2.24) is 5.16 Å². The number of hydrogen-bond acceptors (Lipinski definition) is 4. The molecule has 1 aromatic heterocycles. The largest absolute Gasteiger partial charge is 0.472 e. The number of aromatic nitrogens is 1. The fourth-order valence-electron chi connectivity index (χ4n) is 2.85. The molecule has 1 unspecified atom stereocenters. The van der Waals surface area contributed by atoms with Crippen molar-refractivity contribution >= 4 is 5.88 Å². The normalized spacial score (nSPS) is 16.4. The van der Waals surface area contributed by atoms with E-state index in [-0.39, 0.29) is 6.23 Å². The van der Waals surface area contributed by atoms with E-state index in [0.717, 1.165) is 22.7 Å². The van der Waals surface area contributed by atoms with Gasteiger partial charge < -0.3 is 9.26 Å². The zero-order chi connectivity index (χ0) is 16.5. The van der Waals surface area contributed by atoms with Crippen molar-refractivity contribution in [3.05, 3.63) is 83.9 Å². The fraction of sp³-hybridized carbons (Fsp3) is 0.150. The summed E-state index contributed by atoms with van der Waals surface area (Å²) in [4.78, 5) is 1.97. The minimum atomic E-state index is -0.235. The molecule has 3 aromatic rings. The number of ether oxygens (including phenoxy) is 1. The highest BCUT2D eigenvalue weighted by Crippen LogP contribution is 2.36. The Morgan fingerprint density at radius 1 is 0.917 bits per heavy atom. The fourth-order valence-corrected chi connectivity index (χ4v) is 2.85. The van der Waals surface area contributed by atoms with Crippen LogP contribution in [0, 0.1) is 13.8 Å². The van der Waals surface area contributed by atoms with Crippen LogP contribution in [0.15, 0.2) is 71.6 Å². The SMILES string of the molecule is Cc1noc(N2C=COC2c2ccc(-c3ccccc3)cc2)c1C. The average Bonchev–Trinajstić information content (AvgIpc) is 3.23. The number of benzene rings is 2. The van der Waals surface area contributed by atoms with Crippen molar-refractivity contribution < 1.29 is 9.26 Å². The molecular weight excluding hydrogens is 300 g/mol. The van der Waals surface area contributed by atoms with Crippen molar-refractivity contribution in [2.45, 2.75) is 20.1 Å². The monoisotopic (exact) mass is 318 g/mol. The first-order valence-electron chi connectivity index (χ1n) is 7.93. The van der Waals surface area contributed by atoms with Gasteiger partial charge in [-0.3, -0.25) is 4.90 Å². The van der Waals surface area contributed by atoms with Crippen LogP contribution < -0.4 is 4.90 Å². The predicted molar refractivity (Wildman–Crippen MR) is 93.3 cm³/mol. The highest BCUT2D eigenvalue weighted by Gasteiger charge is 2.28. The third-order valence-corrected chi connectivity index (χ3v) is 4.35. The van der Waals surface area contributed by atoms with E-state index in [9.17, 15) is 0 Å². The van der Waals surface area contributed by atoms with E-state index in [1.165, 1.54) is 11.1 Å². The minimum Gasteiger partial charge on any atom is -0.472 e. The number of hydrogen-bond donors (Lipinski definition) is 0. The van der Waals surface area contributed by atoms with Crippen LogP contribution >= 0.6 is 0 Å². The van der Waals surface area contributed by atoms with Gasteiger partial charge >= 0.3 is 0 Å². The van der Waals surface area contributed by atoms with Crippen LogP contribution in [0.5, 0.6) is 0 Å². The number of anilines is 1. The molecule has 120 valence electrons. The maximum absolute atomic E-state index is 5.77. The summed E-state index contributed by atoms with van der Waals surface area (Å²) in [5, 5.41) is 4.04. The molecule has 0 fully saturated rings. The van der Waals surface area contributed by atoms with E-state index in [4.69, 9.17) is 9.26 Å². The van der Waals surface area contributed by atoms with Gasteiger partial charge in [-0.25, -0.2) is 0 Å². The molecule has 0 saturated heterocycles. The van der Waals surface area contributed by atoms with Crippen LogP contribution in [0.3, 0.4) is 0 Å². The van der Waals surface area contributed by atoms with E-state index >= 15 is 0 Å². The lowest BCUT2D eigenvalue weighted by Gasteiger charge is -2.22. The molecule has 1 aliphatic heterocycles. The smallest absolute Gasteiger partial charge is 0.237 e. The molecule has 0 saturated carbocycles. The Balaban J connectivity index is 1.63. The maximum atomic E-state index is 5.77. The molecular formula is C20H18N2O2. The van der Waals surface area contributed by atoms with Crippen molar-refractivity contribution in [2.24, 2.45) is 0 Å². The van der Waals surface area contributed by atoms with Crippen molar-refractivity contribution in [3.63, 3.8) is 0 Å². The maximum Gasteiger partial charge on any atom is 0.237 e. The van der Waals surface area contributed by atoms with Gasteiger partial charge in [-0.15, -0.1) is 0 Å². The Morgan fingerprint density at radius 2 is 1.62 bits per heavy atom. The molecule has 24 heavy (non-hydrogen) atoms. The van der Waals surface area contributed by atoms with E-state index in [1.54, 1.807) is 6.26 Å². The topological polar surface area (TPSA) is 38.5 Å². The molecule has 0 amide bonds. The molecule has 0 N–H and O–H groups in total. The first kappa shape index (κ1) is 14.6. The summed E-state index contributed by atoms with van der Waals surface area (Å²) < 4.78 is 11.2. The zero-order valence-corrected chi connectivity index (χ0v) is 13.6. The van der Waals surface area contributed by atoms with Gasteiger partial charge in [0.15, 0.2) is 0 Å². The molecule has 0 bridgehead atoms. The van der Waals surface area contributed by atoms with Gasteiger partial charge in [0.2, 0.25) is 12.1 Å². The molecule has 2 aromatic carbocycles. The Morgan fingerprint density at radius 3 is 2.29 bits per heavy atom. The Labute approximate surface area is 141 Å². The highest BCUT2D eigenvalue weighted by atomic mass is 16.5. The quantitative estimate of drug-likeness (QED) is 0.684. The summed E-state index contributed by atoms with van der Waals surface area (Å²) in [6.07, 6.45) is 3.33. The zero-order valence-electron chi connectivity index (χ0n) is 13.6. The van der Waals surface area contributed by atoms with Gasteiger partial charge in [0.1, 0.15) is 6.26 Å². The predicted octanol–water partition coefficient (Wildman–Crippen LogP) is 4.97. The average molecular weight is 318 g/mol. The van der Waals surface area contributed by atoms with Crippen LogP contribution in [0.1, 0.15) is 23.0 Å². The van der Waals surface area contributed by atoms with E-state index in [1.807, 2.05) is 43.1 Å². The molecule has 4 rings (SSSR count). The molecule has 2 heterocycles. The Hall–Kier alpha value is -3.01. The lowest BCUT2D eigenvalue weighted by atomic mass is 10.0. The number of nitrogens with zero attached hydrogens (tertiary/aromatic N) is 2. The highest BCUT2D eigenvalue weighted by molar-refractivity contribution is 5.63. The minimum absolute atomic E-state index is 0.235. The summed E-state index contributed by atoms with van der Waals surface area (Å²) in [6.45, 7) is 3.94. The Bertz CT molecular complexity index is 866. The Kier molecular flexibility index (Phi) is 3.58. The first-order chi connectivity index (χ1) is 11.7. The summed E-state index contributed by atoms with van der Waals surface area (Å²) >= 11 is 0. The molecule has 1 atom stereocenters. The summed E-state index contributed by atoms with van der Waals surface area (Å²) in [7, 11) is 0. The standard InChI is InChI=1S/C20H18N2O2/c1-14-15(2)21-24-19(14)22-12-13-23-20(22)18-10-8-17(9-11-18)16-6-4-3-5-7-16/h3-13,20H,1-2H3. The second-order valence-corrected chi connectivity index (χ2v) is 5.87. The van der Waals surface area contributed by atoms with Crippen molar-refractivity contribution in [2.75, 3.05) is 4.90 Å². The molecule has 0 aliphatic carbocycles. The third-order valence-electron chi connectivity index (χ3n) is 4.35. The number of aryl methyl sites for hydroxylation is 1. The molecule has 0 spiro atoms. The lowest BCUT2D eigenvalue weighted by molar-refractivity contribution is 0.169. The molecule has 4 nitrogen and oxygen atoms in total. The molecule has 4 heteroatoms. The second-order valence-electron chi connectivity index (χ2n) is 5.87. The lowest BCUT2D eigenvalue weighted by Crippen LogP contribution is -2.20. The second kappa shape index (κ2) is 5.89. The van der Waals surface area contributed by atoms with Gasteiger partial charge in [-0.2, -0.15) is 0 Å². The molecule has 0 radical (unpaired) electrons. The number of rotatable bonds is 3. The van der Waals surface area contributed by atoms with Crippen LogP contribution in [-0.4, -0.2) is 5.16 Å². The van der Waals surface area contributed by atoms with E-state index < -0.39 is 0 Å². The van der Waals surface area contributed by atoms with Gasteiger partial charge in [-0.1, -0.05) is 59.8 Å². The third kappa shape index (κ3) is 2.46. The van der Waals surface area contributed by atoms with Crippen LogP contribution in [0.4, 0.5) is 5.88 Å². The van der Waals surface area contributed by atoms with Gasteiger partial charge in [0.05, 0.1) is 5.69 Å². The summed E-state index contributed by atoms with van der Waals surface area (Å²) in [5.41, 5.74) is 5.37. The van der Waals surface area contributed by atoms with Crippen LogP contribution in [0.2, 0.25) is 0 Å². The summed E-state index contributed by atoms with van der Waals surface area (Å²) in [5.74, 6) is 0.721. The van der Waals surface area contributed by atoms with Crippen molar-refractivity contribution in [3.8, 4) is 11.1 Å². The van der Waals surface area contributed by atoms with E-state index in [0.29, 0.717) is 0 Å². The first-order valence-corrected chi connectivity index (χ1v) is 7.93. The van der Waals surface area contributed by atoms with Crippen LogP contribution in [-0.2, 0) is 4.74 Å². The van der Waals surface area contributed by atoms with Gasteiger partial charge in [0, 0.05) is 17.3 Å².